The van der Waals surface area contributed by atoms with Gasteiger partial charge < -0.3 is 9.88 Å². The molecule has 1 saturated heterocycles. The molecule has 0 aliphatic carbocycles. The molecule has 150 valence electrons. The van der Waals surface area contributed by atoms with Gasteiger partial charge in [0.15, 0.2) is 0 Å². The van der Waals surface area contributed by atoms with E-state index in [-0.39, 0.29) is 12.4 Å². The highest BCUT2D eigenvalue weighted by molar-refractivity contribution is 5.85. The third kappa shape index (κ3) is 3.79. The molecule has 0 amide bonds. The Kier molecular flexibility index (Phi) is 5.67. The Morgan fingerprint density at radius 1 is 1.07 bits per heavy atom. The molecule has 0 spiro atoms. The van der Waals surface area contributed by atoms with E-state index < -0.39 is 0 Å². The molecule has 1 unspecified atom stereocenters. The summed E-state index contributed by atoms with van der Waals surface area (Å²) in [6.45, 7) is 3.89. The average Bonchev–Trinajstić information content (AvgIpc) is 3.35. The zero-order valence-electron chi connectivity index (χ0n) is 16.4. The monoisotopic (exact) mass is 408 g/mol. The van der Waals surface area contributed by atoms with Crippen LogP contribution in [-0.4, -0.2) is 43.6 Å². The molecule has 1 aliphatic rings. The van der Waals surface area contributed by atoms with Crippen LogP contribution in [0.1, 0.15) is 17.4 Å². The summed E-state index contributed by atoms with van der Waals surface area (Å²) < 4.78 is 4.26. The van der Waals surface area contributed by atoms with Crippen LogP contribution in [0.3, 0.4) is 0 Å². The van der Waals surface area contributed by atoms with Crippen LogP contribution in [-0.2, 0) is 13.6 Å². The third-order valence-electron chi connectivity index (χ3n) is 5.56. The van der Waals surface area contributed by atoms with Crippen molar-refractivity contribution < 1.29 is 0 Å². The molecule has 1 N–H and O–H groups in total. The van der Waals surface area contributed by atoms with Crippen LogP contribution in [0.2, 0.25) is 0 Å². The van der Waals surface area contributed by atoms with Crippen molar-refractivity contribution in [2.45, 2.75) is 12.6 Å². The summed E-state index contributed by atoms with van der Waals surface area (Å²) in [5.41, 5.74) is 4.60. The molecule has 7 heteroatoms. The highest BCUT2D eigenvalue weighted by atomic mass is 35.5. The predicted octanol–water partition coefficient (Wildman–Crippen LogP) is 3.33. The number of aromatic nitrogens is 4. The van der Waals surface area contributed by atoms with Crippen molar-refractivity contribution >= 4 is 23.4 Å². The van der Waals surface area contributed by atoms with E-state index in [0.717, 1.165) is 48.7 Å². The quantitative estimate of drug-likeness (QED) is 0.562. The second-order valence-electron chi connectivity index (χ2n) is 7.36. The number of halogens is 1. The maximum atomic E-state index is 4.58. The van der Waals surface area contributed by atoms with E-state index in [2.05, 4.69) is 72.8 Å². The number of piperazine rings is 1. The van der Waals surface area contributed by atoms with Gasteiger partial charge in [-0.2, -0.15) is 0 Å². The Morgan fingerprint density at radius 2 is 1.90 bits per heavy atom. The average molecular weight is 409 g/mol. The molecule has 29 heavy (non-hydrogen) atoms. The van der Waals surface area contributed by atoms with Crippen LogP contribution in [0.15, 0.2) is 67.3 Å². The van der Waals surface area contributed by atoms with Gasteiger partial charge >= 0.3 is 0 Å². The first kappa shape index (κ1) is 19.6. The number of nitrogens with one attached hydrogen (secondary N) is 1. The lowest BCUT2D eigenvalue weighted by Crippen LogP contribution is -2.46. The predicted molar refractivity (Wildman–Crippen MR) is 118 cm³/mol. The Bertz CT molecular complexity index is 1080. The number of imidazole rings is 2. The van der Waals surface area contributed by atoms with Gasteiger partial charge in [-0.15, -0.1) is 12.4 Å². The minimum Gasteiger partial charge on any atom is -0.337 e. The van der Waals surface area contributed by atoms with E-state index in [4.69, 9.17) is 0 Å². The van der Waals surface area contributed by atoms with Crippen LogP contribution < -0.4 is 5.32 Å². The molecule has 5 rings (SSSR count). The van der Waals surface area contributed by atoms with E-state index in [0.29, 0.717) is 6.04 Å². The maximum Gasteiger partial charge on any atom is 0.127 e. The maximum absolute atomic E-state index is 4.58. The second-order valence-corrected chi connectivity index (χ2v) is 7.36. The first-order valence-electron chi connectivity index (χ1n) is 9.73. The molecular formula is C22H25ClN6. The molecule has 0 bridgehead atoms. The normalized spacial score (nSPS) is 17.3. The molecule has 1 aliphatic heterocycles. The second kappa shape index (κ2) is 8.37. The molecule has 0 saturated carbocycles. The number of benzene rings is 2. The Hall–Kier alpha value is -2.67. The van der Waals surface area contributed by atoms with Gasteiger partial charge in [-0.25, -0.2) is 9.97 Å². The van der Waals surface area contributed by atoms with E-state index in [9.17, 15) is 0 Å². The number of rotatable bonds is 4. The van der Waals surface area contributed by atoms with E-state index >= 15 is 0 Å². The third-order valence-corrected chi connectivity index (χ3v) is 5.56. The van der Waals surface area contributed by atoms with Gasteiger partial charge in [0.25, 0.3) is 0 Å². The fourth-order valence-electron chi connectivity index (χ4n) is 4.05. The first-order chi connectivity index (χ1) is 13.8. The van der Waals surface area contributed by atoms with Gasteiger partial charge in [0, 0.05) is 51.3 Å². The summed E-state index contributed by atoms with van der Waals surface area (Å²) in [5, 5.41) is 3.51. The summed E-state index contributed by atoms with van der Waals surface area (Å²) in [6.07, 6.45) is 5.80. The van der Waals surface area contributed by atoms with Gasteiger partial charge in [-0.1, -0.05) is 24.3 Å². The highest BCUT2D eigenvalue weighted by Gasteiger charge is 2.26. The summed E-state index contributed by atoms with van der Waals surface area (Å²) in [7, 11) is 2.07. The standard InChI is InChI=1S/C22H24N6.ClH/c1-26-12-11-24-22(26)21-14-23-10-13-27(21)15-17-6-8-18(9-7-17)28-16-25-19-4-2-3-5-20(19)28;/h2-9,11-12,16,21,23H,10,13-15H2,1H3;1H. The van der Waals surface area contributed by atoms with Crippen molar-refractivity contribution in [1.29, 1.82) is 0 Å². The smallest absolute Gasteiger partial charge is 0.127 e. The number of nitrogens with zero attached hydrogens (tertiary/aromatic N) is 5. The highest BCUT2D eigenvalue weighted by Crippen LogP contribution is 2.24. The van der Waals surface area contributed by atoms with Crippen molar-refractivity contribution in [2.24, 2.45) is 7.05 Å². The molecule has 1 atom stereocenters. The minimum atomic E-state index is 0. The summed E-state index contributed by atoms with van der Waals surface area (Å²) in [6, 6.07) is 17.3. The van der Waals surface area contributed by atoms with E-state index in [1.54, 1.807) is 0 Å². The number of para-hydroxylation sites is 2. The molecule has 2 aromatic carbocycles. The van der Waals surface area contributed by atoms with Gasteiger partial charge in [0.1, 0.15) is 12.2 Å². The van der Waals surface area contributed by atoms with Crippen molar-refractivity contribution in [1.82, 2.24) is 29.3 Å². The number of fused-ring (bicyclic) bond motifs is 1. The van der Waals surface area contributed by atoms with Crippen molar-refractivity contribution in [3.63, 3.8) is 0 Å². The van der Waals surface area contributed by atoms with Gasteiger partial charge in [-0.3, -0.25) is 9.47 Å². The van der Waals surface area contributed by atoms with Crippen molar-refractivity contribution in [2.75, 3.05) is 19.6 Å². The Labute approximate surface area is 176 Å². The molecule has 4 aromatic rings. The fourth-order valence-corrected chi connectivity index (χ4v) is 4.05. The summed E-state index contributed by atoms with van der Waals surface area (Å²) in [4.78, 5) is 11.6. The van der Waals surface area contributed by atoms with E-state index in [1.807, 2.05) is 30.9 Å². The Balaban J connectivity index is 0.00000205. The number of aryl methyl sites for hydroxylation is 1. The van der Waals surface area contributed by atoms with Gasteiger partial charge in [-0.05, 0) is 29.8 Å². The van der Waals surface area contributed by atoms with Gasteiger partial charge in [0.05, 0.1) is 17.1 Å². The molecule has 2 aromatic heterocycles. The van der Waals surface area contributed by atoms with Crippen LogP contribution in [0.5, 0.6) is 0 Å². The zero-order chi connectivity index (χ0) is 18.9. The summed E-state index contributed by atoms with van der Waals surface area (Å²) in [5.74, 6) is 1.12. The molecule has 6 nitrogen and oxygen atoms in total. The van der Waals surface area contributed by atoms with Gasteiger partial charge in [0.2, 0.25) is 0 Å². The largest absolute Gasteiger partial charge is 0.337 e. The first-order valence-corrected chi connectivity index (χ1v) is 9.73. The Morgan fingerprint density at radius 3 is 2.69 bits per heavy atom. The van der Waals surface area contributed by atoms with Crippen LogP contribution in [0.4, 0.5) is 0 Å². The number of hydrogen-bond donors (Lipinski definition) is 1. The molecule has 3 heterocycles. The lowest BCUT2D eigenvalue weighted by Gasteiger charge is -2.35. The van der Waals surface area contributed by atoms with Crippen LogP contribution in [0.25, 0.3) is 16.7 Å². The van der Waals surface area contributed by atoms with Crippen LogP contribution >= 0.6 is 12.4 Å². The van der Waals surface area contributed by atoms with E-state index in [1.165, 1.54) is 5.56 Å². The lowest BCUT2D eigenvalue weighted by molar-refractivity contribution is 0.145. The zero-order valence-corrected chi connectivity index (χ0v) is 17.2. The SMILES string of the molecule is Cl.Cn1ccnc1C1CNCCN1Cc1ccc(-n2cnc3ccccc32)cc1. The minimum absolute atomic E-state index is 0. The van der Waals surface area contributed by atoms with Crippen molar-refractivity contribution in [3.05, 3.63) is 78.6 Å². The van der Waals surface area contributed by atoms with Crippen LogP contribution in [0, 0.1) is 0 Å². The topological polar surface area (TPSA) is 50.9 Å². The fraction of sp³-hybridized carbons (Fsp3) is 0.273. The number of hydrogen-bond acceptors (Lipinski definition) is 4. The molecular weight excluding hydrogens is 384 g/mol. The molecule has 0 radical (unpaired) electrons. The summed E-state index contributed by atoms with van der Waals surface area (Å²) >= 11 is 0. The van der Waals surface area contributed by atoms with Crippen molar-refractivity contribution in [3.8, 4) is 5.69 Å². The lowest BCUT2D eigenvalue weighted by atomic mass is 10.1. The molecule has 1 fully saturated rings.